The highest BCUT2D eigenvalue weighted by Crippen LogP contribution is 2.44. The van der Waals surface area contributed by atoms with E-state index in [1.54, 1.807) is 0 Å². The zero-order valence-electron chi connectivity index (χ0n) is 18.5. The van der Waals surface area contributed by atoms with Crippen LogP contribution in [0.3, 0.4) is 0 Å². The lowest BCUT2D eigenvalue weighted by Crippen LogP contribution is -2.40. The van der Waals surface area contributed by atoms with Crippen LogP contribution in [0.2, 0.25) is 10.0 Å². The van der Waals surface area contributed by atoms with Gasteiger partial charge in [-0.3, -0.25) is 0 Å². The molecule has 2 aliphatic rings. The number of rotatable bonds is 1. The Morgan fingerprint density at radius 2 is 1.91 bits per heavy atom. The van der Waals surface area contributed by atoms with Crippen LogP contribution < -0.4 is 0 Å². The van der Waals surface area contributed by atoms with E-state index in [4.69, 9.17) is 27.9 Å². The van der Waals surface area contributed by atoms with Gasteiger partial charge in [0.15, 0.2) is 0 Å². The first-order valence-corrected chi connectivity index (χ1v) is 12.7. The van der Waals surface area contributed by atoms with E-state index in [1.807, 2.05) is 55.6 Å². The molecule has 0 N–H and O–H groups in total. The molecular weight excluding hydrogens is 463 g/mol. The van der Waals surface area contributed by atoms with Gasteiger partial charge in [0.2, 0.25) is 0 Å². The Kier molecular flexibility index (Phi) is 5.63. The highest BCUT2D eigenvalue weighted by Gasteiger charge is 2.32. The van der Waals surface area contributed by atoms with Crippen LogP contribution in [0.1, 0.15) is 38.4 Å². The second-order valence-electron chi connectivity index (χ2n) is 9.39. The van der Waals surface area contributed by atoms with Crippen molar-refractivity contribution in [2.75, 3.05) is 12.3 Å². The molecule has 0 aliphatic carbocycles. The van der Waals surface area contributed by atoms with E-state index >= 15 is 0 Å². The number of thioether (sulfide) groups is 1. The van der Waals surface area contributed by atoms with Gasteiger partial charge in [0.05, 0.1) is 22.1 Å². The summed E-state index contributed by atoms with van der Waals surface area (Å²) < 4.78 is 8.17. The average molecular weight is 489 g/mol. The fourth-order valence-electron chi connectivity index (χ4n) is 4.71. The SMILES string of the molecule is CC(C)(C)OC(=O)N1CCc2c(c3c(-c4ccc(Cl)c(Cl)c4)ccc4c3n2CCCS4)C1. The lowest BCUT2D eigenvalue weighted by Gasteiger charge is -2.31. The van der Waals surface area contributed by atoms with Gasteiger partial charge in [-0.25, -0.2) is 4.79 Å². The van der Waals surface area contributed by atoms with Crippen LogP contribution in [-0.4, -0.2) is 33.5 Å². The second kappa shape index (κ2) is 8.19. The van der Waals surface area contributed by atoms with E-state index in [-0.39, 0.29) is 6.09 Å². The number of fused-ring (bicyclic) bond motifs is 3. The summed E-state index contributed by atoms with van der Waals surface area (Å²) in [7, 11) is 0. The van der Waals surface area contributed by atoms with Gasteiger partial charge in [0.1, 0.15) is 5.60 Å². The molecule has 2 aromatic carbocycles. The Bertz CT molecular complexity index is 1230. The summed E-state index contributed by atoms with van der Waals surface area (Å²) in [6.07, 6.45) is 1.71. The van der Waals surface area contributed by atoms with Crippen LogP contribution in [0.4, 0.5) is 4.79 Å². The van der Waals surface area contributed by atoms with Gasteiger partial charge >= 0.3 is 6.09 Å². The maximum absolute atomic E-state index is 12.9. The molecule has 1 amide bonds. The van der Waals surface area contributed by atoms with Gasteiger partial charge in [-0.2, -0.15) is 0 Å². The molecule has 3 aromatic rings. The normalized spacial score (nSPS) is 16.1. The Morgan fingerprint density at radius 1 is 1.09 bits per heavy atom. The highest BCUT2D eigenvalue weighted by molar-refractivity contribution is 7.99. The zero-order chi connectivity index (χ0) is 22.6. The molecule has 2 aliphatic heterocycles. The number of aromatic nitrogens is 1. The monoisotopic (exact) mass is 488 g/mol. The molecule has 0 saturated heterocycles. The van der Waals surface area contributed by atoms with Crippen LogP contribution in [0.5, 0.6) is 0 Å². The van der Waals surface area contributed by atoms with E-state index in [2.05, 4.69) is 16.7 Å². The van der Waals surface area contributed by atoms with E-state index < -0.39 is 5.60 Å². The number of halogens is 2. The number of ether oxygens (including phenoxy) is 1. The third kappa shape index (κ3) is 3.89. The predicted octanol–water partition coefficient (Wildman–Crippen LogP) is 7.40. The molecule has 0 spiro atoms. The Hall–Kier alpha value is -1.82. The van der Waals surface area contributed by atoms with Crippen molar-refractivity contribution >= 4 is 52.0 Å². The summed E-state index contributed by atoms with van der Waals surface area (Å²) in [6.45, 7) is 7.94. The minimum Gasteiger partial charge on any atom is -0.444 e. The maximum Gasteiger partial charge on any atom is 0.410 e. The van der Waals surface area contributed by atoms with Crippen molar-refractivity contribution in [3.63, 3.8) is 0 Å². The lowest BCUT2D eigenvalue weighted by atomic mass is 9.96. The number of aryl methyl sites for hydroxylation is 1. The molecule has 32 heavy (non-hydrogen) atoms. The van der Waals surface area contributed by atoms with Gasteiger partial charge < -0.3 is 14.2 Å². The molecule has 0 radical (unpaired) electrons. The molecule has 4 nitrogen and oxygen atoms in total. The van der Waals surface area contributed by atoms with Gasteiger partial charge in [-0.1, -0.05) is 35.3 Å². The van der Waals surface area contributed by atoms with E-state index in [1.165, 1.54) is 27.1 Å². The van der Waals surface area contributed by atoms with Gasteiger partial charge in [-0.05, 0) is 62.3 Å². The zero-order valence-corrected chi connectivity index (χ0v) is 20.8. The van der Waals surface area contributed by atoms with Crippen molar-refractivity contribution in [1.82, 2.24) is 9.47 Å². The lowest BCUT2D eigenvalue weighted by molar-refractivity contribution is 0.0223. The third-order valence-electron chi connectivity index (χ3n) is 6.02. The fourth-order valence-corrected chi connectivity index (χ4v) is 6.01. The summed E-state index contributed by atoms with van der Waals surface area (Å²) in [4.78, 5) is 16.0. The predicted molar refractivity (Wildman–Crippen MR) is 133 cm³/mol. The molecule has 168 valence electrons. The topological polar surface area (TPSA) is 34.5 Å². The summed E-state index contributed by atoms with van der Waals surface area (Å²) in [5.74, 6) is 1.11. The smallest absolute Gasteiger partial charge is 0.410 e. The van der Waals surface area contributed by atoms with Crippen molar-refractivity contribution in [3.05, 3.63) is 51.6 Å². The van der Waals surface area contributed by atoms with Gasteiger partial charge in [0.25, 0.3) is 0 Å². The van der Waals surface area contributed by atoms with Crippen LogP contribution in [0, 0.1) is 0 Å². The molecule has 0 unspecified atom stereocenters. The average Bonchev–Trinajstić information content (AvgIpc) is 2.90. The minimum absolute atomic E-state index is 0.252. The molecule has 1 aromatic heterocycles. The number of amides is 1. The van der Waals surface area contributed by atoms with E-state index in [0.717, 1.165) is 36.3 Å². The molecule has 5 rings (SSSR count). The number of carbonyl (C=O) groups excluding carboxylic acids is 1. The van der Waals surface area contributed by atoms with Crippen LogP contribution in [0.25, 0.3) is 22.0 Å². The Balaban J connectivity index is 1.69. The van der Waals surface area contributed by atoms with Gasteiger partial charge in [-0.15, -0.1) is 11.8 Å². The fraction of sp³-hybridized carbons (Fsp3) is 0.400. The number of carbonyl (C=O) groups is 1. The maximum atomic E-state index is 12.9. The Morgan fingerprint density at radius 3 is 2.66 bits per heavy atom. The highest BCUT2D eigenvalue weighted by atomic mass is 35.5. The molecule has 7 heteroatoms. The van der Waals surface area contributed by atoms with Crippen molar-refractivity contribution in [1.29, 1.82) is 0 Å². The first kappa shape index (κ1) is 22.0. The molecule has 0 bridgehead atoms. The molecule has 0 fully saturated rings. The molecular formula is C25H26Cl2N2O2S. The molecule has 0 saturated carbocycles. The summed E-state index contributed by atoms with van der Waals surface area (Å²) in [6, 6.07) is 10.2. The standard InChI is InChI=1S/C25H26Cl2N2O2S/c1-25(2,3)31-24(30)28-11-9-20-17(14-28)22-16(15-5-7-18(26)19(27)13-15)6-8-21-23(22)29(20)10-4-12-32-21/h5-8,13H,4,9-12,14H2,1-3H3. The Labute approximate surface area is 202 Å². The van der Waals surface area contributed by atoms with E-state index in [9.17, 15) is 4.79 Å². The van der Waals surface area contributed by atoms with Gasteiger partial charge in [0, 0.05) is 41.0 Å². The van der Waals surface area contributed by atoms with Crippen LogP contribution in [-0.2, 0) is 24.2 Å². The third-order valence-corrected chi connectivity index (χ3v) is 7.89. The first-order valence-electron chi connectivity index (χ1n) is 11.0. The van der Waals surface area contributed by atoms with Crippen molar-refractivity contribution in [3.8, 4) is 11.1 Å². The minimum atomic E-state index is -0.513. The molecule has 3 heterocycles. The first-order chi connectivity index (χ1) is 15.2. The number of benzene rings is 2. The second-order valence-corrected chi connectivity index (χ2v) is 11.3. The summed E-state index contributed by atoms with van der Waals surface area (Å²) in [5.41, 5.74) is 5.51. The largest absolute Gasteiger partial charge is 0.444 e. The van der Waals surface area contributed by atoms with Crippen LogP contribution in [0.15, 0.2) is 35.2 Å². The summed E-state index contributed by atoms with van der Waals surface area (Å²) in [5, 5.41) is 2.31. The number of nitrogens with zero attached hydrogens (tertiary/aromatic N) is 2. The van der Waals surface area contributed by atoms with Crippen molar-refractivity contribution in [2.45, 2.75) is 57.2 Å². The van der Waals surface area contributed by atoms with E-state index in [0.29, 0.717) is 23.1 Å². The molecule has 0 atom stereocenters. The number of hydrogen-bond acceptors (Lipinski definition) is 3. The number of hydrogen-bond donors (Lipinski definition) is 0. The van der Waals surface area contributed by atoms with Crippen LogP contribution >= 0.6 is 35.0 Å². The van der Waals surface area contributed by atoms with Crippen molar-refractivity contribution < 1.29 is 9.53 Å². The summed E-state index contributed by atoms with van der Waals surface area (Å²) >= 11 is 14.5. The quantitative estimate of drug-likeness (QED) is 0.357. The van der Waals surface area contributed by atoms with Crippen molar-refractivity contribution in [2.24, 2.45) is 0 Å².